The van der Waals surface area contributed by atoms with Crippen molar-refractivity contribution < 1.29 is 8.42 Å². The van der Waals surface area contributed by atoms with Gasteiger partial charge in [-0.3, -0.25) is 0 Å². The van der Waals surface area contributed by atoms with E-state index in [9.17, 15) is 8.42 Å². The minimum absolute atomic E-state index is 0.265. The molecule has 0 aliphatic carbocycles. The lowest BCUT2D eigenvalue weighted by molar-refractivity contribution is 0.444. The Labute approximate surface area is 122 Å². The van der Waals surface area contributed by atoms with Gasteiger partial charge in [0.25, 0.3) is 0 Å². The number of benzene rings is 1. The summed E-state index contributed by atoms with van der Waals surface area (Å²) in [6.45, 7) is 6.67. The molecule has 0 radical (unpaired) electrons. The highest BCUT2D eigenvalue weighted by molar-refractivity contribution is 7.89. The van der Waals surface area contributed by atoms with Gasteiger partial charge in [-0.2, -0.15) is 0 Å². The topological polar surface area (TPSA) is 84.2 Å². The maximum Gasteiger partial charge on any atom is 0.242 e. The average Bonchev–Trinajstić information content (AvgIpc) is 2.45. The lowest BCUT2D eigenvalue weighted by Gasteiger charge is -2.33. The third-order valence-electron chi connectivity index (χ3n) is 3.66. The van der Waals surface area contributed by atoms with Gasteiger partial charge < -0.3 is 11.1 Å². The Morgan fingerprint density at radius 3 is 2.25 bits per heavy atom. The van der Waals surface area contributed by atoms with Crippen LogP contribution in [0.3, 0.4) is 0 Å². The zero-order chi connectivity index (χ0) is 15.2. The van der Waals surface area contributed by atoms with Crippen molar-refractivity contribution in [3.05, 3.63) is 24.3 Å². The van der Waals surface area contributed by atoms with Gasteiger partial charge >= 0.3 is 0 Å². The largest absolute Gasteiger partial charge is 0.377 e. The van der Waals surface area contributed by atoms with E-state index in [-0.39, 0.29) is 10.4 Å². The van der Waals surface area contributed by atoms with Gasteiger partial charge in [0, 0.05) is 18.6 Å². The fourth-order valence-corrected chi connectivity index (χ4v) is 3.33. The molecule has 0 atom stereocenters. The summed E-state index contributed by atoms with van der Waals surface area (Å²) in [5.41, 5.74) is 6.19. The molecule has 1 aromatic rings. The van der Waals surface area contributed by atoms with Crippen LogP contribution in [0, 0.1) is 0 Å². The quantitative estimate of drug-likeness (QED) is 0.684. The van der Waals surface area contributed by atoms with Crippen LogP contribution < -0.4 is 15.8 Å². The van der Waals surface area contributed by atoms with E-state index in [0.29, 0.717) is 18.8 Å². The Kier molecular flexibility index (Phi) is 5.98. The van der Waals surface area contributed by atoms with Gasteiger partial charge in [-0.25, -0.2) is 13.1 Å². The maximum atomic E-state index is 12.2. The highest BCUT2D eigenvalue weighted by Crippen LogP contribution is 2.27. The zero-order valence-corrected chi connectivity index (χ0v) is 13.3. The van der Waals surface area contributed by atoms with Crippen molar-refractivity contribution in [2.24, 2.45) is 5.73 Å². The maximum absolute atomic E-state index is 12.2. The first-order valence-corrected chi connectivity index (χ1v) is 8.50. The summed E-state index contributed by atoms with van der Waals surface area (Å²) < 4.78 is 27.0. The third kappa shape index (κ3) is 3.71. The van der Waals surface area contributed by atoms with Gasteiger partial charge in [0.15, 0.2) is 0 Å². The standard InChI is InChI=1S/C14H25N3O2S/c1-4-14(5-2,11-15)17-12-9-7-8-10-13(12)20(18,19)16-6-3/h7-10,16-17H,4-6,11,15H2,1-3H3. The number of nitrogens with one attached hydrogen (secondary N) is 2. The highest BCUT2D eigenvalue weighted by Gasteiger charge is 2.27. The fraction of sp³-hybridized carbons (Fsp3) is 0.571. The summed E-state index contributed by atoms with van der Waals surface area (Å²) in [6, 6.07) is 6.92. The lowest BCUT2D eigenvalue weighted by atomic mass is 9.92. The number of rotatable bonds is 8. The Morgan fingerprint density at radius 2 is 1.75 bits per heavy atom. The normalized spacial score (nSPS) is 12.4. The molecule has 0 saturated heterocycles. The van der Waals surface area contributed by atoms with Crippen LogP contribution in [0.25, 0.3) is 0 Å². The predicted molar refractivity (Wildman–Crippen MR) is 83.3 cm³/mol. The number of hydrogen-bond acceptors (Lipinski definition) is 4. The van der Waals surface area contributed by atoms with Crippen LogP contribution in [0.15, 0.2) is 29.2 Å². The van der Waals surface area contributed by atoms with E-state index >= 15 is 0 Å². The fourth-order valence-electron chi connectivity index (χ4n) is 2.12. The molecule has 0 saturated carbocycles. The van der Waals surface area contributed by atoms with Crippen molar-refractivity contribution in [2.45, 2.75) is 44.0 Å². The van der Waals surface area contributed by atoms with E-state index in [0.717, 1.165) is 12.8 Å². The van der Waals surface area contributed by atoms with Crippen molar-refractivity contribution in [3.8, 4) is 0 Å². The summed E-state index contributed by atoms with van der Waals surface area (Å²) in [7, 11) is -3.49. The second-order valence-electron chi connectivity index (χ2n) is 4.81. The summed E-state index contributed by atoms with van der Waals surface area (Å²) in [5.74, 6) is 0. The average molecular weight is 299 g/mol. The van der Waals surface area contributed by atoms with Crippen LogP contribution in [-0.4, -0.2) is 27.0 Å². The minimum Gasteiger partial charge on any atom is -0.377 e. The van der Waals surface area contributed by atoms with E-state index in [1.807, 2.05) is 19.9 Å². The van der Waals surface area contributed by atoms with Crippen molar-refractivity contribution in [1.29, 1.82) is 0 Å². The van der Waals surface area contributed by atoms with Crippen molar-refractivity contribution >= 4 is 15.7 Å². The van der Waals surface area contributed by atoms with Crippen molar-refractivity contribution in [2.75, 3.05) is 18.4 Å². The van der Waals surface area contributed by atoms with Gasteiger partial charge in [-0.15, -0.1) is 0 Å². The van der Waals surface area contributed by atoms with Gasteiger partial charge in [-0.1, -0.05) is 32.9 Å². The SMILES string of the molecule is CCNS(=O)(=O)c1ccccc1NC(CC)(CC)CN. The predicted octanol–water partition coefficient (Wildman–Crippen LogP) is 1.91. The molecule has 0 amide bonds. The molecule has 0 aliphatic rings. The number of nitrogens with two attached hydrogens (primary N) is 1. The van der Waals surface area contributed by atoms with E-state index < -0.39 is 10.0 Å². The second-order valence-corrected chi connectivity index (χ2v) is 6.55. The molecule has 1 rings (SSSR count). The summed E-state index contributed by atoms with van der Waals surface area (Å²) in [5, 5.41) is 3.33. The number of sulfonamides is 1. The molecule has 0 heterocycles. The van der Waals surface area contributed by atoms with Crippen LogP contribution in [-0.2, 0) is 10.0 Å². The molecular formula is C14H25N3O2S. The Morgan fingerprint density at radius 1 is 1.15 bits per heavy atom. The molecule has 114 valence electrons. The van der Waals surface area contributed by atoms with Crippen LogP contribution >= 0.6 is 0 Å². The zero-order valence-electron chi connectivity index (χ0n) is 12.4. The van der Waals surface area contributed by atoms with Gasteiger partial charge in [0.1, 0.15) is 4.90 Å². The van der Waals surface area contributed by atoms with E-state index in [2.05, 4.69) is 10.0 Å². The Bertz CT molecular complexity index is 517. The number of para-hydroxylation sites is 1. The molecular weight excluding hydrogens is 274 g/mol. The van der Waals surface area contributed by atoms with Gasteiger partial charge in [0.2, 0.25) is 10.0 Å². The van der Waals surface area contributed by atoms with Crippen molar-refractivity contribution in [3.63, 3.8) is 0 Å². The van der Waals surface area contributed by atoms with E-state index in [1.165, 1.54) is 0 Å². The van der Waals surface area contributed by atoms with Gasteiger partial charge in [0.05, 0.1) is 5.69 Å². The minimum atomic E-state index is -3.49. The lowest BCUT2D eigenvalue weighted by Crippen LogP contribution is -2.44. The molecule has 0 aliphatic heterocycles. The van der Waals surface area contributed by atoms with E-state index in [4.69, 9.17) is 5.73 Å². The molecule has 5 nitrogen and oxygen atoms in total. The Hall–Kier alpha value is -1.11. The third-order valence-corrected chi connectivity index (χ3v) is 5.26. The molecule has 0 aromatic heterocycles. The Balaban J connectivity index is 3.21. The summed E-state index contributed by atoms with van der Waals surface area (Å²) in [4.78, 5) is 0.265. The highest BCUT2D eigenvalue weighted by atomic mass is 32.2. The first-order valence-electron chi connectivity index (χ1n) is 7.01. The number of anilines is 1. The van der Waals surface area contributed by atoms with Crippen LogP contribution in [0.5, 0.6) is 0 Å². The first kappa shape index (κ1) is 16.9. The van der Waals surface area contributed by atoms with Crippen LogP contribution in [0.1, 0.15) is 33.6 Å². The smallest absolute Gasteiger partial charge is 0.242 e. The molecule has 20 heavy (non-hydrogen) atoms. The van der Waals surface area contributed by atoms with Crippen molar-refractivity contribution in [1.82, 2.24) is 4.72 Å². The summed E-state index contributed by atoms with van der Waals surface area (Å²) in [6.07, 6.45) is 1.66. The number of hydrogen-bond donors (Lipinski definition) is 3. The van der Waals surface area contributed by atoms with Gasteiger partial charge in [-0.05, 0) is 25.0 Å². The molecule has 0 fully saturated rings. The van der Waals surface area contributed by atoms with Crippen LogP contribution in [0.2, 0.25) is 0 Å². The molecule has 6 heteroatoms. The van der Waals surface area contributed by atoms with Crippen LogP contribution in [0.4, 0.5) is 5.69 Å². The summed E-state index contributed by atoms with van der Waals surface area (Å²) >= 11 is 0. The second kappa shape index (κ2) is 7.06. The molecule has 4 N–H and O–H groups in total. The monoisotopic (exact) mass is 299 g/mol. The van der Waals surface area contributed by atoms with E-state index in [1.54, 1.807) is 25.1 Å². The first-order chi connectivity index (χ1) is 9.44. The molecule has 0 unspecified atom stereocenters. The molecule has 1 aromatic carbocycles. The molecule has 0 spiro atoms. The molecule has 0 bridgehead atoms.